The number of nitrogens with one attached hydrogen (secondary N) is 1. The molecular formula is C10H16N2O3. The first-order valence-corrected chi connectivity index (χ1v) is 5.44. The van der Waals surface area contributed by atoms with Crippen LogP contribution in [0.2, 0.25) is 0 Å². The summed E-state index contributed by atoms with van der Waals surface area (Å²) >= 11 is 0. The Morgan fingerprint density at radius 1 is 1.33 bits per heavy atom. The summed E-state index contributed by atoms with van der Waals surface area (Å²) in [5.74, 6) is -0.782. The van der Waals surface area contributed by atoms with Crippen molar-refractivity contribution in [2.24, 2.45) is 5.92 Å². The fraction of sp³-hybridized carbons (Fsp3) is 0.800. The molecule has 2 fully saturated rings. The van der Waals surface area contributed by atoms with E-state index < -0.39 is 12.0 Å². The number of carbonyl (C=O) groups excluding carboxylic acids is 1. The van der Waals surface area contributed by atoms with Gasteiger partial charge in [0, 0.05) is 25.6 Å². The monoisotopic (exact) mass is 212 g/mol. The van der Waals surface area contributed by atoms with Crippen molar-refractivity contribution in [3.05, 3.63) is 0 Å². The number of hydrogen-bond acceptors (Lipinski definition) is 3. The third kappa shape index (κ3) is 1.97. The molecule has 0 radical (unpaired) electrons. The molecule has 1 heterocycles. The van der Waals surface area contributed by atoms with Gasteiger partial charge in [-0.15, -0.1) is 0 Å². The van der Waals surface area contributed by atoms with E-state index in [2.05, 4.69) is 5.32 Å². The summed E-state index contributed by atoms with van der Waals surface area (Å²) in [4.78, 5) is 24.4. The van der Waals surface area contributed by atoms with E-state index in [4.69, 9.17) is 5.11 Å². The number of nitrogens with zero attached hydrogens (tertiary/aromatic N) is 1. The molecule has 15 heavy (non-hydrogen) atoms. The molecule has 0 aromatic rings. The molecule has 0 bridgehead atoms. The average molecular weight is 212 g/mol. The molecule has 2 rings (SSSR count). The zero-order valence-corrected chi connectivity index (χ0v) is 8.61. The van der Waals surface area contributed by atoms with Crippen molar-refractivity contribution >= 4 is 11.9 Å². The van der Waals surface area contributed by atoms with Crippen LogP contribution in [-0.4, -0.2) is 47.6 Å². The van der Waals surface area contributed by atoms with Crippen LogP contribution in [0.1, 0.15) is 19.3 Å². The van der Waals surface area contributed by atoms with Crippen molar-refractivity contribution in [3.63, 3.8) is 0 Å². The van der Waals surface area contributed by atoms with Crippen LogP contribution in [-0.2, 0) is 9.59 Å². The van der Waals surface area contributed by atoms with Crippen molar-refractivity contribution in [1.82, 2.24) is 10.2 Å². The fourth-order valence-electron chi connectivity index (χ4n) is 2.08. The normalized spacial score (nSPS) is 27.2. The second-order valence-electron chi connectivity index (χ2n) is 4.22. The van der Waals surface area contributed by atoms with Crippen LogP contribution < -0.4 is 5.32 Å². The molecule has 1 atom stereocenters. The predicted octanol–water partition coefficient (Wildman–Crippen LogP) is -0.329. The quantitative estimate of drug-likeness (QED) is 0.657. The van der Waals surface area contributed by atoms with E-state index in [1.165, 1.54) is 4.90 Å². The number of carboxylic acid groups (broad SMARTS) is 1. The topological polar surface area (TPSA) is 69.6 Å². The molecule has 0 aromatic heterocycles. The van der Waals surface area contributed by atoms with Gasteiger partial charge in [-0.25, -0.2) is 4.79 Å². The maximum absolute atomic E-state index is 11.9. The average Bonchev–Trinajstić information content (AvgIpc) is 2.15. The second-order valence-corrected chi connectivity index (χ2v) is 4.22. The SMILES string of the molecule is O=C(O)C1CNCCN1C(=O)C1CCC1. The summed E-state index contributed by atoms with van der Waals surface area (Å²) < 4.78 is 0. The van der Waals surface area contributed by atoms with Crippen molar-refractivity contribution < 1.29 is 14.7 Å². The first-order chi connectivity index (χ1) is 7.20. The van der Waals surface area contributed by atoms with Gasteiger partial charge >= 0.3 is 5.97 Å². The highest BCUT2D eigenvalue weighted by atomic mass is 16.4. The lowest BCUT2D eigenvalue weighted by Crippen LogP contribution is -2.58. The molecule has 1 aliphatic heterocycles. The van der Waals surface area contributed by atoms with E-state index in [0.29, 0.717) is 19.6 Å². The molecule has 1 saturated heterocycles. The van der Waals surface area contributed by atoms with E-state index in [0.717, 1.165) is 19.3 Å². The first kappa shape index (κ1) is 10.4. The van der Waals surface area contributed by atoms with E-state index in [-0.39, 0.29) is 11.8 Å². The minimum absolute atomic E-state index is 0.0372. The van der Waals surface area contributed by atoms with E-state index >= 15 is 0 Å². The number of piperazine rings is 1. The molecule has 1 aliphatic carbocycles. The highest BCUT2D eigenvalue weighted by Gasteiger charge is 2.37. The Bertz CT molecular complexity index is 276. The summed E-state index contributed by atoms with van der Waals surface area (Å²) in [6.45, 7) is 1.59. The van der Waals surface area contributed by atoms with Crippen LogP contribution in [0.3, 0.4) is 0 Å². The largest absolute Gasteiger partial charge is 0.480 e. The highest BCUT2D eigenvalue weighted by molar-refractivity contribution is 5.86. The minimum atomic E-state index is -0.908. The van der Waals surface area contributed by atoms with Crippen LogP contribution in [0.5, 0.6) is 0 Å². The van der Waals surface area contributed by atoms with Crippen molar-refractivity contribution in [3.8, 4) is 0 Å². The molecule has 1 unspecified atom stereocenters. The molecule has 84 valence electrons. The van der Waals surface area contributed by atoms with Crippen LogP contribution in [0, 0.1) is 5.92 Å². The Balaban J connectivity index is 2.03. The molecule has 5 nitrogen and oxygen atoms in total. The number of amides is 1. The number of carbonyl (C=O) groups is 2. The molecular weight excluding hydrogens is 196 g/mol. The van der Waals surface area contributed by atoms with Gasteiger partial charge in [-0.1, -0.05) is 6.42 Å². The van der Waals surface area contributed by atoms with Gasteiger partial charge in [0.25, 0.3) is 0 Å². The molecule has 0 aromatic carbocycles. The third-order valence-electron chi connectivity index (χ3n) is 3.27. The Labute approximate surface area is 88.4 Å². The van der Waals surface area contributed by atoms with Crippen LogP contribution in [0.15, 0.2) is 0 Å². The Hall–Kier alpha value is -1.10. The highest BCUT2D eigenvalue weighted by Crippen LogP contribution is 2.29. The summed E-state index contributed by atoms with van der Waals surface area (Å²) in [7, 11) is 0. The van der Waals surface area contributed by atoms with Crippen LogP contribution in [0.25, 0.3) is 0 Å². The maximum atomic E-state index is 11.9. The summed E-state index contributed by atoms with van der Waals surface area (Å²) in [5.41, 5.74) is 0. The van der Waals surface area contributed by atoms with Crippen molar-refractivity contribution in [2.45, 2.75) is 25.3 Å². The predicted molar refractivity (Wildman–Crippen MR) is 53.3 cm³/mol. The zero-order chi connectivity index (χ0) is 10.8. The lowest BCUT2D eigenvalue weighted by molar-refractivity contribution is -0.154. The lowest BCUT2D eigenvalue weighted by Gasteiger charge is -2.38. The van der Waals surface area contributed by atoms with Gasteiger partial charge in [0.05, 0.1) is 0 Å². The number of aliphatic carboxylic acids is 1. The minimum Gasteiger partial charge on any atom is -0.480 e. The maximum Gasteiger partial charge on any atom is 0.327 e. The van der Waals surface area contributed by atoms with Crippen LogP contribution >= 0.6 is 0 Å². The van der Waals surface area contributed by atoms with Crippen molar-refractivity contribution in [2.75, 3.05) is 19.6 Å². The molecule has 0 spiro atoms. The van der Waals surface area contributed by atoms with Gasteiger partial charge in [-0.2, -0.15) is 0 Å². The Morgan fingerprint density at radius 2 is 2.07 bits per heavy atom. The van der Waals surface area contributed by atoms with Crippen molar-refractivity contribution in [1.29, 1.82) is 0 Å². The van der Waals surface area contributed by atoms with Gasteiger partial charge in [-0.05, 0) is 12.8 Å². The van der Waals surface area contributed by atoms with E-state index in [9.17, 15) is 9.59 Å². The first-order valence-electron chi connectivity index (χ1n) is 5.44. The Morgan fingerprint density at radius 3 is 2.60 bits per heavy atom. The van der Waals surface area contributed by atoms with Gasteiger partial charge in [-0.3, -0.25) is 4.79 Å². The number of hydrogen-bond donors (Lipinski definition) is 2. The van der Waals surface area contributed by atoms with Gasteiger partial charge in [0.2, 0.25) is 5.91 Å². The third-order valence-corrected chi connectivity index (χ3v) is 3.27. The summed E-state index contributed by atoms with van der Waals surface area (Å²) in [5, 5.41) is 12.0. The zero-order valence-electron chi connectivity index (χ0n) is 8.61. The van der Waals surface area contributed by atoms with Gasteiger partial charge in [0.15, 0.2) is 0 Å². The van der Waals surface area contributed by atoms with E-state index in [1.807, 2.05) is 0 Å². The smallest absolute Gasteiger partial charge is 0.327 e. The van der Waals surface area contributed by atoms with Gasteiger partial charge in [0.1, 0.15) is 6.04 Å². The molecule has 1 saturated carbocycles. The number of carboxylic acids is 1. The second kappa shape index (κ2) is 4.18. The summed E-state index contributed by atoms with van der Waals surface area (Å²) in [6.07, 6.45) is 2.95. The molecule has 2 aliphatic rings. The Kier molecular flexibility index (Phi) is 2.90. The van der Waals surface area contributed by atoms with E-state index in [1.54, 1.807) is 0 Å². The standard InChI is InChI=1S/C10H16N2O3/c13-9(7-2-1-3-7)12-5-4-11-6-8(12)10(14)15/h7-8,11H,1-6H2,(H,14,15). The number of rotatable bonds is 2. The van der Waals surface area contributed by atoms with Crippen LogP contribution in [0.4, 0.5) is 0 Å². The molecule has 1 amide bonds. The lowest BCUT2D eigenvalue weighted by atomic mass is 9.84. The van der Waals surface area contributed by atoms with Gasteiger partial charge < -0.3 is 15.3 Å². The summed E-state index contributed by atoms with van der Waals surface area (Å²) in [6, 6.07) is -0.674. The molecule has 2 N–H and O–H groups in total. The molecule has 5 heteroatoms. The fourth-order valence-corrected chi connectivity index (χ4v) is 2.08.